The van der Waals surface area contributed by atoms with Crippen LogP contribution < -0.4 is 5.32 Å². The number of amides is 1. The zero-order valence-corrected chi connectivity index (χ0v) is 19.9. The highest BCUT2D eigenvalue weighted by atomic mass is 32.2. The standard InChI is InChI=1S/C21H33N3O5S2/c1-17-6-8-20(9-7-17)31(28,29)24-14-4-3-5-19(24)10-13-22-21(25)18-11-15-23(16-12-18)30(2,26)27/h6-9,18-19H,3-5,10-16H2,1-2H3,(H,22,25). The normalized spacial score (nSPS) is 22.3. The summed E-state index contributed by atoms with van der Waals surface area (Å²) >= 11 is 0. The Hall–Kier alpha value is -1.49. The van der Waals surface area contributed by atoms with Crippen LogP contribution in [0, 0.1) is 12.8 Å². The van der Waals surface area contributed by atoms with Gasteiger partial charge in [0.05, 0.1) is 11.2 Å². The van der Waals surface area contributed by atoms with Crippen molar-refractivity contribution in [1.82, 2.24) is 13.9 Å². The second-order valence-corrected chi connectivity index (χ2v) is 12.5. The molecule has 31 heavy (non-hydrogen) atoms. The van der Waals surface area contributed by atoms with Crippen LogP contribution in [0.15, 0.2) is 29.2 Å². The van der Waals surface area contributed by atoms with Gasteiger partial charge in [0.2, 0.25) is 26.0 Å². The van der Waals surface area contributed by atoms with Crippen LogP contribution >= 0.6 is 0 Å². The minimum Gasteiger partial charge on any atom is -0.356 e. The van der Waals surface area contributed by atoms with Crippen molar-refractivity contribution < 1.29 is 21.6 Å². The molecule has 2 aliphatic rings. The molecule has 3 rings (SSSR count). The third-order valence-corrected chi connectivity index (χ3v) is 9.54. The number of piperidine rings is 2. The minimum atomic E-state index is -3.56. The number of carbonyl (C=O) groups is 1. The number of benzene rings is 1. The SMILES string of the molecule is Cc1ccc(S(=O)(=O)N2CCCCC2CCNC(=O)C2CCN(S(C)(=O)=O)CC2)cc1. The average Bonchev–Trinajstić information content (AvgIpc) is 2.74. The van der Waals surface area contributed by atoms with E-state index < -0.39 is 20.0 Å². The minimum absolute atomic E-state index is 0.0723. The average molecular weight is 472 g/mol. The van der Waals surface area contributed by atoms with E-state index in [-0.39, 0.29) is 17.9 Å². The Morgan fingerprint density at radius 3 is 2.26 bits per heavy atom. The summed E-state index contributed by atoms with van der Waals surface area (Å²) in [5, 5.41) is 2.94. The highest BCUT2D eigenvalue weighted by molar-refractivity contribution is 7.89. The number of hydrogen-bond acceptors (Lipinski definition) is 5. The first kappa shape index (κ1) is 24.2. The van der Waals surface area contributed by atoms with E-state index in [4.69, 9.17) is 0 Å². The first-order valence-corrected chi connectivity index (χ1v) is 14.2. The molecule has 1 atom stereocenters. The predicted octanol–water partition coefficient (Wildman–Crippen LogP) is 1.72. The summed E-state index contributed by atoms with van der Waals surface area (Å²) in [7, 11) is -6.77. The molecular formula is C21H33N3O5S2. The largest absolute Gasteiger partial charge is 0.356 e. The third kappa shape index (κ3) is 6.06. The van der Waals surface area contributed by atoms with Crippen LogP contribution in [0.4, 0.5) is 0 Å². The lowest BCUT2D eigenvalue weighted by Crippen LogP contribution is -2.46. The predicted molar refractivity (Wildman–Crippen MR) is 119 cm³/mol. The van der Waals surface area contributed by atoms with E-state index in [1.54, 1.807) is 28.6 Å². The summed E-state index contributed by atoms with van der Waals surface area (Å²) in [6.07, 6.45) is 5.38. The fourth-order valence-electron chi connectivity index (χ4n) is 4.38. The smallest absolute Gasteiger partial charge is 0.243 e. The molecule has 174 valence electrons. The van der Waals surface area contributed by atoms with Gasteiger partial charge < -0.3 is 5.32 Å². The van der Waals surface area contributed by atoms with E-state index in [9.17, 15) is 21.6 Å². The Labute approximate surface area is 186 Å². The maximum absolute atomic E-state index is 13.1. The van der Waals surface area contributed by atoms with Crippen molar-refractivity contribution in [2.75, 3.05) is 32.4 Å². The first-order chi connectivity index (χ1) is 14.6. The van der Waals surface area contributed by atoms with E-state index in [0.717, 1.165) is 24.8 Å². The molecule has 0 bridgehead atoms. The summed E-state index contributed by atoms with van der Waals surface area (Å²) in [4.78, 5) is 12.8. The lowest BCUT2D eigenvalue weighted by Gasteiger charge is -2.35. The molecule has 1 aromatic rings. The number of carbonyl (C=O) groups excluding carboxylic acids is 1. The molecule has 2 aliphatic heterocycles. The van der Waals surface area contributed by atoms with Gasteiger partial charge in [-0.1, -0.05) is 24.1 Å². The molecule has 1 amide bonds. The molecule has 1 N–H and O–H groups in total. The Morgan fingerprint density at radius 2 is 1.65 bits per heavy atom. The summed E-state index contributed by atoms with van der Waals surface area (Å²) in [6.45, 7) is 3.56. The number of hydrogen-bond donors (Lipinski definition) is 1. The van der Waals surface area contributed by atoms with E-state index in [2.05, 4.69) is 5.32 Å². The maximum atomic E-state index is 13.1. The van der Waals surface area contributed by atoms with Gasteiger partial charge >= 0.3 is 0 Å². The molecule has 0 spiro atoms. The number of nitrogens with one attached hydrogen (secondary N) is 1. The van der Waals surface area contributed by atoms with Gasteiger partial charge in [-0.2, -0.15) is 4.31 Å². The highest BCUT2D eigenvalue weighted by Crippen LogP contribution is 2.27. The molecule has 0 aromatic heterocycles. The summed E-state index contributed by atoms with van der Waals surface area (Å²) in [5.41, 5.74) is 1.01. The van der Waals surface area contributed by atoms with Gasteiger partial charge in [0.15, 0.2) is 0 Å². The van der Waals surface area contributed by atoms with Gasteiger partial charge in [0, 0.05) is 38.1 Å². The van der Waals surface area contributed by atoms with E-state index in [1.807, 2.05) is 6.92 Å². The second-order valence-electron chi connectivity index (χ2n) is 8.59. The van der Waals surface area contributed by atoms with E-state index >= 15 is 0 Å². The third-order valence-electron chi connectivity index (χ3n) is 6.27. The van der Waals surface area contributed by atoms with Crippen LogP contribution in [0.5, 0.6) is 0 Å². The van der Waals surface area contributed by atoms with Crippen LogP contribution in [-0.2, 0) is 24.8 Å². The number of aryl methyl sites for hydroxylation is 1. The van der Waals surface area contributed by atoms with Crippen LogP contribution in [0.2, 0.25) is 0 Å². The van der Waals surface area contributed by atoms with Gasteiger partial charge in [-0.3, -0.25) is 4.79 Å². The molecule has 2 heterocycles. The topological polar surface area (TPSA) is 104 Å². The van der Waals surface area contributed by atoms with Crippen LogP contribution in [-0.4, -0.2) is 69.8 Å². The molecule has 0 aliphatic carbocycles. The summed E-state index contributed by atoms with van der Waals surface area (Å²) in [6, 6.07) is 6.79. The molecule has 1 aromatic carbocycles. The van der Waals surface area contributed by atoms with Crippen molar-refractivity contribution >= 4 is 26.0 Å². The molecule has 10 heteroatoms. The van der Waals surface area contributed by atoms with Crippen molar-refractivity contribution in [1.29, 1.82) is 0 Å². The number of sulfonamides is 2. The van der Waals surface area contributed by atoms with E-state index in [0.29, 0.717) is 50.3 Å². The van der Waals surface area contributed by atoms with Gasteiger partial charge in [-0.05, 0) is 51.2 Å². The van der Waals surface area contributed by atoms with Crippen LogP contribution in [0.25, 0.3) is 0 Å². The Morgan fingerprint density at radius 1 is 1.00 bits per heavy atom. The summed E-state index contributed by atoms with van der Waals surface area (Å²) in [5.74, 6) is -0.270. The second kappa shape index (κ2) is 9.97. The van der Waals surface area contributed by atoms with Gasteiger partial charge in [-0.15, -0.1) is 0 Å². The van der Waals surface area contributed by atoms with Gasteiger partial charge in [0.1, 0.15) is 0 Å². The first-order valence-electron chi connectivity index (χ1n) is 10.9. The Balaban J connectivity index is 1.54. The van der Waals surface area contributed by atoms with Gasteiger partial charge in [0.25, 0.3) is 0 Å². The monoisotopic (exact) mass is 471 g/mol. The van der Waals surface area contributed by atoms with Crippen molar-refractivity contribution in [2.45, 2.75) is 56.4 Å². The van der Waals surface area contributed by atoms with Crippen LogP contribution in [0.3, 0.4) is 0 Å². The molecule has 2 fully saturated rings. The number of nitrogens with zero attached hydrogens (tertiary/aromatic N) is 2. The van der Waals surface area contributed by atoms with Gasteiger partial charge in [-0.25, -0.2) is 21.1 Å². The van der Waals surface area contributed by atoms with Crippen molar-refractivity contribution in [2.24, 2.45) is 5.92 Å². The lowest BCUT2D eigenvalue weighted by molar-refractivity contribution is -0.126. The zero-order valence-electron chi connectivity index (χ0n) is 18.3. The molecular weight excluding hydrogens is 438 g/mol. The maximum Gasteiger partial charge on any atom is 0.243 e. The molecule has 8 nitrogen and oxygen atoms in total. The Bertz CT molecular complexity index is 969. The van der Waals surface area contributed by atoms with Crippen molar-refractivity contribution in [3.63, 3.8) is 0 Å². The lowest BCUT2D eigenvalue weighted by atomic mass is 9.97. The van der Waals surface area contributed by atoms with Crippen molar-refractivity contribution in [3.8, 4) is 0 Å². The fraction of sp³-hybridized carbons (Fsp3) is 0.667. The summed E-state index contributed by atoms with van der Waals surface area (Å²) < 4.78 is 52.5. The number of rotatable bonds is 7. The molecule has 0 radical (unpaired) electrons. The van der Waals surface area contributed by atoms with Crippen LogP contribution in [0.1, 0.15) is 44.1 Å². The Kier molecular flexibility index (Phi) is 7.77. The zero-order chi connectivity index (χ0) is 22.6. The fourth-order valence-corrected chi connectivity index (χ4v) is 6.98. The molecule has 2 saturated heterocycles. The quantitative estimate of drug-likeness (QED) is 0.652. The molecule has 0 saturated carbocycles. The highest BCUT2D eigenvalue weighted by Gasteiger charge is 2.34. The van der Waals surface area contributed by atoms with Crippen molar-refractivity contribution in [3.05, 3.63) is 29.8 Å². The molecule has 1 unspecified atom stereocenters. The van der Waals surface area contributed by atoms with E-state index in [1.165, 1.54) is 10.6 Å².